The largest absolute Gasteiger partial charge is 0.466 e. The van der Waals surface area contributed by atoms with Crippen LogP contribution in [-0.4, -0.2) is 49.6 Å². The maximum absolute atomic E-state index is 10.9. The van der Waals surface area contributed by atoms with E-state index in [0.717, 1.165) is 12.7 Å². The summed E-state index contributed by atoms with van der Waals surface area (Å²) in [7, 11) is 1.27. The number of methoxy groups -OCH3 is 1. The molecule has 6 nitrogen and oxygen atoms in total. The van der Waals surface area contributed by atoms with Gasteiger partial charge in [-0.2, -0.15) is 0 Å². The molecule has 1 rings (SSSR count). The highest BCUT2D eigenvalue weighted by atomic mass is 16.6. The Morgan fingerprint density at radius 1 is 1.58 bits per heavy atom. The van der Waals surface area contributed by atoms with Gasteiger partial charge in [0.15, 0.2) is 0 Å². The van der Waals surface area contributed by atoms with E-state index in [-0.39, 0.29) is 24.7 Å². The number of hydrogen-bond acceptors (Lipinski definition) is 6. The Labute approximate surface area is 112 Å². The van der Waals surface area contributed by atoms with Gasteiger partial charge in [-0.15, -0.1) is 0 Å². The third-order valence-electron chi connectivity index (χ3n) is 2.10. The van der Waals surface area contributed by atoms with Crippen molar-refractivity contribution < 1.29 is 28.9 Å². The second-order valence-electron chi connectivity index (χ2n) is 3.89. The Hall–Kier alpha value is -1.66. The Morgan fingerprint density at radius 3 is 2.47 bits per heavy atom. The molecule has 0 saturated carbocycles. The molecule has 6 heteroatoms. The fourth-order valence-electron chi connectivity index (χ4n) is 1.04. The number of aliphatic hydroxyl groups excluding tert-OH is 1. The maximum atomic E-state index is 10.9. The van der Waals surface area contributed by atoms with Crippen LogP contribution in [-0.2, 0) is 23.8 Å². The monoisotopic (exact) mass is 272 g/mol. The van der Waals surface area contributed by atoms with Crippen LogP contribution in [0.2, 0.25) is 0 Å². The third-order valence-corrected chi connectivity index (χ3v) is 2.10. The quantitative estimate of drug-likeness (QED) is 0.433. The molecule has 1 aliphatic rings. The van der Waals surface area contributed by atoms with Crippen molar-refractivity contribution in [1.82, 2.24) is 0 Å². The molecule has 2 unspecified atom stereocenters. The van der Waals surface area contributed by atoms with Gasteiger partial charge in [0, 0.05) is 18.1 Å². The second-order valence-corrected chi connectivity index (χ2v) is 3.89. The van der Waals surface area contributed by atoms with Gasteiger partial charge in [-0.1, -0.05) is 13.2 Å². The van der Waals surface area contributed by atoms with Gasteiger partial charge < -0.3 is 19.3 Å². The van der Waals surface area contributed by atoms with Crippen molar-refractivity contribution in [2.45, 2.75) is 25.6 Å². The maximum Gasteiger partial charge on any atom is 0.333 e. The van der Waals surface area contributed by atoms with Gasteiger partial charge in [0.2, 0.25) is 0 Å². The molecule has 0 spiro atoms. The molecule has 0 bridgehead atoms. The predicted octanol–water partition coefficient (Wildman–Crippen LogP) is 0.601. The van der Waals surface area contributed by atoms with Crippen LogP contribution in [0.3, 0.4) is 0 Å². The summed E-state index contributed by atoms with van der Waals surface area (Å²) in [5.74, 6) is -1.01. The van der Waals surface area contributed by atoms with Crippen molar-refractivity contribution >= 4 is 11.9 Å². The smallest absolute Gasteiger partial charge is 0.333 e. The average molecular weight is 272 g/mol. The Balaban J connectivity index is 0.000000532. The highest BCUT2D eigenvalue weighted by molar-refractivity contribution is 5.87. The molecule has 19 heavy (non-hydrogen) atoms. The molecule has 108 valence electrons. The standard InChI is InChI=1S/C10H14O4.C3H6O2/c1-5-9(11)14-8(3)6-7(2)10(12)13-4;4-1-3-2-5-3/h5,8H,1-2,6H2,3-4H3;3-4H,1-2H2. The Morgan fingerprint density at radius 2 is 2.16 bits per heavy atom. The SMILES string of the molecule is C=CC(=O)OC(C)CC(=C)C(=O)OC.OCC1CO1. The third kappa shape index (κ3) is 8.98. The summed E-state index contributed by atoms with van der Waals surface area (Å²) in [6, 6.07) is 0. The number of epoxide rings is 1. The first kappa shape index (κ1) is 17.3. The number of carbonyl (C=O) groups is 2. The van der Waals surface area contributed by atoms with Crippen LogP contribution in [0.4, 0.5) is 0 Å². The molecule has 0 aliphatic carbocycles. The summed E-state index contributed by atoms with van der Waals surface area (Å²) in [5, 5.41) is 8.08. The summed E-state index contributed by atoms with van der Waals surface area (Å²) >= 11 is 0. The zero-order chi connectivity index (χ0) is 14.8. The van der Waals surface area contributed by atoms with Crippen molar-refractivity contribution in [2.75, 3.05) is 20.3 Å². The normalized spacial score (nSPS) is 17.3. The van der Waals surface area contributed by atoms with E-state index >= 15 is 0 Å². The van der Waals surface area contributed by atoms with Crippen molar-refractivity contribution in [1.29, 1.82) is 0 Å². The van der Waals surface area contributed by atoms with Gasteiger partial charge in [-0.3, -0.25) is 0 Å². The van der Waals surface area contributed by atoms with Gasteiger partial charge in [0.05, 0.1) is 20.3 Å². The number of esters is 2. The highest BCUT2D eigenvalue weighted by Crippen LogP contribution is 2.08. The van der Waals surface area contributed by atoms with Crippen LogP contribution >= 0.6 is 0 Å². The lowest BCUT2D eigenvalue weighted by molar-refractivity contribution is -0.143. The van der Waals surface area contributed by atoms with Crippen LogP contribution in [0.1, 0.15) is 13.3 Å². The van der Waals surface area contributed by atoms with Gasteiger partial charge in [0.1, 0.15) is 12.2 Å². The van der Waals surface area contributed by atoms with E-state index in [2.05, 4.69) is 22.6 Å². The van der Waals surface area contributed by atoms with Crippen molar-refractivity contribution in [3.8, 4) is 0 Å². The van der Waals surface area contributed by atoms with E-state index in [1.807, 2.05) is 0 Å². The fourth-order valence-corrected chi connectivity index (χ4v) is 1.04. The summed E-state index contributed by atoms with van der Waals surface area (Å²) in [5.41, 5.74) is 0.275. The second kappa shape index (κ2) is 9.29. The predicted molar refractivity (Wildman–Crippen MR) is 68.3 cm³/mol. The molecule has 0 aromatic carbocycles. The molecular weight excluding hydrogens is 252 g/mol. The van der Waals surface area contributed by atoms with E-state index in [0.29, 0.717) is 0 Å². The lowest BCUT2D eigenvalue weighted by atomic mass is 10.1. The molecule has 1 heterocycles. The fraction of sp³-hybridized carbons (Fsp3) is 0.538. The number of aliphatic hydroxyl groups is 1. The van der Waals surface area contributed by atoms with Crippen molar-refractivity contribution in [3.05, 3.63) is 24.8 Å². The number of hydrogen-bond donors (Lipinski definition) is 1. The first-order valence-electron chi connectivity index (χ1n) is 5.76. The summed E-state index contributed by atoms with van der Waals surface area (Å²) in [4.78, 5) is 21.7. The van der Waals surface area contributed by atoms with E-state index in [1.54, 1.807) is 6.92 Å². The van der Waals surface area contributed by atoms with Crippen LogP contribution in [0.15, 0.2) is 24.8 Å². The average Bonchev–Trinajstić information content (AvgIpc) is 3.21. The number of carbonyl (C=O) groups excluding carboxylic acids is 2. The van der Waals surface area contributed by atoms with Gasteiger partial charge in [-0.25, -0.2) is 9.59 Å². The molecule has 1 saturated heterocycles. The van der Waals surface area contributed by atoms with E-state index < -0.39 is 18.0 Å². The minimum absolute atomic E-state index is 0.190. The highest BCUT2D eigenvalue weighted by Gasteiger charge is 2.19. The van der Waals surface area contributed by atoms with E-state index in [9.17, 15) is 9.59 Å². The minimum atomic E-state index is -0.518. The molecule has 2 atom stereocenters. The Kier molecular flexibility index (Phi) is 8.48. The number of rotatable bonds is 6. The molecule has 1 aliphatic heterocycles. The minimum Gasteiger partial charge on any atom is -0.466 e. The topological polar surface area (TPSA) is 85.4 Å². The van der Waals surface area contributed by atoms with Crippen molar-refractivity contribution in [2.24, 2.45) is 0 Å². The van der Waals surface area contributed by atoms with E-state index in [4.69, 9.17) is 9.84 Å². The van der Waals surface area contributed by atoms with Crippen LogP contribution < -0.4 is 0 Å². The molecule has 0 aromatic rings. The van der Waals surface area contributed by atoms with Crippen LogP contribution in [0.5, 0.6) is 0 Å². The van der Waals surface area contributed by atoms with Crippen LogP contribution in [0, 0.1) is 0 Å². The van der Waals surface area contributed by atoms with Gasteiger partial charge in [0.25, 0.3) is 0 Å². The summed E-state index contributed by atoms with van der Waals surface area (Å²) in [6.07, 6.45) is 1.10. The molecule has 1 fully saturated rings. The lowest BCUT2D eigenvalue weighted by Gasteiger charge is -2.11. The van der Waals surface area contributed by atoms with E-state index in [1.165, 1.54) is 7.11 Å². The van der Waals surface area contributed by atoms with Gasteiger partial charge >= 0.3 is 11.9 Å². The molecule has 1 N–H and O–H groups in total. The first-order valence-corrected chi connectivity index (χ1v) is 5.76. The molecule has 0 amide bonds. The lowest BCUT2D eigenvalue weighted by Crippen LogP contribution is -2.16. The summed E-state index contributed by atoms with van der Waals surface area (Å²) < 4.78 is 13.9. The van der Waals surface area contributed by atoms with Gasteiger partial charge in [-0.05, 0) is 6.92 Å². The zero-order valence-electron chi connectivity index (χ0n) is 11.3. The zero-order valence-corrected chi connectivity index (χ0v) is 11.3. The molecule has 0 radical (unpaired) electrons. The summed E-state index contributed by atoms with van der Waals surface area (Å²) in [6.45, 7) is 9.38. The Bertz CT molecular complexity index is 332. The number of ether oxygens (including phenoxy) is 3. The molecular formula is C13H20O6. The van der Waals surface area contributed by atoms with Crippen molar-refractivity contribution in [3.63, 3.8) is 0 Å². The molecule has 0 aromatic heterocycles. The van der Waals surface area contributed by atoms with Crippen LogP contribution in [0.25, 0.3) is 0 Å². The first-order chi connectivity index (χ1) is 8.94.